The number of aliphatic hydroxyl groups excluding tert-OH is 1. The molecule has 0 aliphatic carbocycles. The first-order valence-corrected chi connectivity index (χ1v) is 5.30. The van der Waals surface area contributed by atoms with E-state index < -0.39 is 6.23 Å². The third-order valence-electron chi connectivity index (χ3n) is 2.57. The number of nitrogens with zero attached hydrogens (tertiary/aromatic N) is 3. The third-order valence-corrected chi connectivity index (χ3v) is 2.57. The summed E-state index contributed by atoms with van der Waals surface area (Å²) in [5.74, 6) is 0. The van der Waals surface area contributed by atoms with Crippen LogP contribution in [-0.4, -0.2) is 39.0 Å². The first-order chi connectivity index (χ1) is 7.77. The minimum absolute atomic E-state index is 0.291. The molecule has 0 spiro atoms. The fourth-order valence-electron chi connectivity index (χ4n) is 1.71. The molecule has 2 N–H and O–H groups in total. The van der Waals surface area contributed by atoms with E-state index in [0.29, 0.717) is 18.7 Å². The van der Waals surface area contributed by atoms with Crippen molar-refractivity contribution in [3.63, 3.8) is 0 Å². The van der Waals surface area contributed by atoms with E-state index in [4.69, 9.17) is 0 Å². The smallest absolute Gasteiger partial charge is 0.323 e. The number of amides is 2. The second-order valence-electron chi connectivity index (χ2n) is 3.73. The van der Waals surface area contributed by atoms with Gasteiger partial charge in [0, 0.05) is 6.54 Å². The first kappa shape index (κ1) is 10.8. The number of nitrogens with one attached hydrogen (secondary N) is 1. The summed E-state index contributed by atoms with van der Waals surface area (Å²) >= 11 is 0. The Hall–Kier alpha value is -1.69. The van der Waals surface area contributed by atoms with E-state index in [1.165, 1.54) is 17.3 Å². The highest BCUT2D eigenvalue weighted by Gasteiger charge is 2.24. The minimum atomic E-state index is -0.677. The van der Waals surface area contributed by atoms with Crippen LogP contribution in [0.5, 0.6) is 0 Å². The molecule has 16 heavy (non-hydrogen) atoms. The summed E-state index contributed by atoms with van der Waals surface area (Å²) in [7, 11) is 0. The van der Waals surface area contributed by atoms with E-state index >= 15 is 0 Å². The van der Waals surface area contributed by atoms with Crippen molar-refractivity contribution in [2.75, 3.05) is 11.9 Å². The molecule has 1 unspecified atom stereocenters. The SMILES string of the molecule is O=C(Nc1ccnnc1)N1CCCCC1O. The number of aliphatic hydroxyl groups is 1. The van der Waals surface area contributed by atoms with E-state index in [0.717, 1.165) is 12.8 Å². The van der Waals surface area contributed by atoms with Gasteiger partial charge < -0.3 is 10.4 Å². The first-order valence-electron chi connectivity index (χ1n) is 5.30. The molecule has 2 amide bonds. The van der Waals surface area contributed by atoms with E-state index in [9.17, 15) is 9.90 Å². The van der Waals surface area contributed by atoms with Gasteiger partial charge in [-0.05, 0) is 25.3 Å². The molecular weight excluding hydrogens is 208 g/mol. The van der Waals surface area contributed by atoms with Crippen LogP contribution in [0.15, 0.2) is 18.5 Å². The van der Waals surface area contributed by atoms with E-state index in [-0.39, 0.29) is 6.03 Å². The number of aromatic nitrogens is 2. The van der Waals surface area contributed by atoms with Crippen LogP contribution < -0.4 is 5.32 Å². The summed E-state index contributed by atoms with van der Waals surface area (Å²) in [6.45, 7) is 0.589. The summed E-state index contributed by atoms with van der Waals surface area (Å²) in [6, 6.07) is 1.36. The predicted molar refractivity (Wildman–Crippen MR) is 57.6 cm³/mol. The monoisotopic (exact) mass is 222 g/mol. The maximum Gasteiger partial charge on any atom is 0.323 e. The number of rotatable bonds is 1. The van der Waals surface area contributed by atoms with Crippen molar-refractivity contribution < 1.29 is 9.90 Å². The van der Waals surface area contributed by atoms with Crippen LogP contribution in [0, 0.1) is 0 Å². The van der Waals surface area contributed by atoms with Gasteiger partial charge in [-0.3, -0.25) is 4.90 Å². The van der Waals surface area contributed by atoms with Crippen molar-refractivity contribution in [2.45, 2.75) is 25.5 Å². The molecule has 1 saturated heterocycles. The average molecular weight is 222 g/mol. The van der Waals surface area contributed by atoms with Crippen LogP contribution in [0.25, 0.3) is 0 Å². The van der Waals surface area contributed by atoms with Gasteiger partial charge in [-0.25, -0.2) is 4.79 Å². The molecule has 1 aromatic rings. The maximum absolute atomic E-state index is 11.8. The average Bonchev–Trinajstić information content (AvgIpc) is 2.31. The zero-order valence-electron chi connectivity index (χ0n) is 8.83. The van der Waals surface area contributed by atoms with Gasteiger partial charge in [0.2, 0.25) is 0 Å². The van der Waals surface area contributed by atoms with Crippen molar-refractivity contribution in [2.24, 2.45) is 0 Å². The predicted octanol–water partition coefficient (Wildman–Crippen LogP) is 0.813. The summed E-state index contributed by atoms with van der Waals surface area (Å²) in [5, 5.41) is 19.6. The Kier molecular flexibility index (Phi) is 3.31. The lowest BCUT2D eigenvalue weighted by atomic mass is 10.1. The quantitative estimate of drug-likeness (QED) is 0.737. The van der Waals surface area contributed by atoms with Crippen LogP contribution in [0.4, 0.5) is 10.5 Å². The molecule has 0 radical (unpaired) electrons. The molecule has 1 aromatic heterocycles. The molecule has 1 fully saturated rings. The van der Waals surface area contributed by atoms with Crippen LogP contribution in [0.3, 0.4) is 0 Å². The standard InChI is InChI=1S/C10H14N4O2/c15-9-3-1-2-6-14(9)10(16)13-8-4-5-11-12-7-8/h4-5,7,9,15H,1-3,6H2,(H,11,13,16). The summed E-state index contributed by atoms with van der Waals surface area (Å²) in [5.41, 5.74) is 0.581. The van der Waals surface area contributed by atoms with Crippen molar-refractivity contribution in [3.05, 3.63) is 18.5 Å². The Labute approximate surface area is 93.3 Å². The van der Waals surface area contributed by atoms with Gasteiger partial charge in [0.25, 0.3) is 0 Å². The second kappa shape index (κ2) is 4.89. The van der Waals surface area contributed by atoms with Crippen molar-refractivity contribution in [1.29, 1.82) is 0 Å². The summed E-state index contributed by atoms with van der Waals surface area (Å²) < 4.78 is 0. The Morgan fingerprint density at radius 3 is 3.06 bits per heavy atom. The zero-order chi connectivity index (χ0) is 11.4. The van der Waals surface area contributed by atoms with Crippen LogP contribution in [0.2, 0.25) is 0 Å². The lowest BCUT2D eigenvalue weighted by molar-refractivity contribution is 0.00859. The van der Waals surface area contributed by atoms with Crippen molar-refractivity contribution >= 4 is 11.7 Å². The molecule has 0 aromatic carbocycles. The topological polar surface area (TPSA) is 78.4 Å². The molecule has 1 aliphatic heterocycles. The van der Waals surface area contributed by atoms with Gasteiger partial charge in [0.15, 0.2) is 0 Å². The van der Waals surface area contributed by atoms with Gasteiger partial charge in [0.1, 0.15) is 6.23 Å². The summed E-state index contributed by atoms with van der Waals surface area (Å²) in [4.78, 5) is 13.2. The Bertz CT molecular complexity index is 357. The number of hydrogen-bond donors (Lipinski definition) is 2. The number of anilines is 1. The highest BCUT2D eigenvalue weighted by molar-refractivity contribution is 5.89. The molecule has 1 atom stereocenters. The molecular formula is C10H14N4O2. The van der Waals surface area contributed by atoms with Gasteiger partial charge in [-0.15, -0.1) is 0 Å². The highest BCUT2D eigenvalue weighted by atomic mass is 16.3. The molecule has 0 saturated carbocycles. The van der Waals surface area contributed by atoms with Gasteiger partial charge >= 0.3 is 6.03 Å². The van der Waals surface area contributed by atoms with Gasteiger partial charge in [0.05, 0.1) is 18.1 Å². The lowest BCUT2D eigenvalue weighted by Gasteiger charge is -2.31. The molecule has 86 valence electrons. The van der Waals surface area contributed by atoms with Crippen LogP contribution in [0.1, 0.15) is 19.3 Å². The minimum Gasteiger partial charge on any atom is -0.373 e. The number of likely N-dealkylation sites (tertiary alicyclic amines) is 1. The number of piperidine rings is 1. The number of carbonyl (C=O) groups excluding carboxylic acids is 1. The molecule has 1 aliphatic rings. The molecule has 6 heteroatoms. The lowest BCUT2D eigenvalue weighted by Crippen LogP contribution is -2.45. The Morgan fingerprint density at radius 2 is 2.38 bits per heavy atom. The fraction of sp³-hybridized carbons (Fsp3) is 0.500. The number of urea groups is 1. The zero-order valence-corrected chi connectivity index (χ0v) is 8.83. The molecule has 2 rings (SSSR count). The normalized spacial score (nSPS) is 20.6. The van der Waals surface area contributed by atoms with Gasteiger partial charge in [-0.2, -0.15) is 10.2 Å². The van der Waals surface area contributed by atoms with Crippen LogP contribution in [-0.2, 0) is 0 Å². The number of carbonyl (C=O) groups is 1. The van der Waals surface area contributed by atoms with E-state index in [1.54, 1.807) is 6.07 Å². The maximum atomic E-state index is 11.8. The number of hydrogen-bond acceptors (Lipinski definition) is 4. The Balaban J connectivity index is 1.97. The second-order valence-corrected chi connectivity index (χ2v) is 3.73. The third kappa shape index (κ3) is 2.46. The molecule has 0 bridgehead atoms. The van der Waals surface area contributed by atoms with Gasteiger partial charge in [-0.1, -0.05) is 0 Å². The van der Waals surface area contributed by atoms with Crippen molar-refractivity contribution in [3.8, 4) is 0 Å². The molecule has 6 nitrogen and oxygen atoms in total. The summed E-state index contributed by atoms with van der Waals surface area (Å²) in [6.07, 6.45) is 4.82. The fourth-order valence-corrected chi connectivity index (χ4v) is 1.71. The van der Waals surface area contributed by atoms with E-state index in [1.807, 2.05) is 0 Å². The van der Waals surface area contributed by atoms with E-state index in [2.05, 4.69) is 15.5 Å². The largest absolute Gasteiger partial charge is 0.373 e. The van der Waals surface area contributed by atoms with Crippen molar-refractivity contribution in [1.82, 2.24) is 15.1 Å². The molecule has 2 heterocycles. The van der Waals surface area contributed by atoms with Crippen LogP contribution >= 0.6 is 0 Å². The Morgan fingerprint density at radius 1 is 1.50 bits per heavy atom. The highest BCUT2D eigenvalue weighted by Crippen LogP contribution is 2.16.